The average Bonchev–Trinajstić information content (AvgIpc) is 2.64. The third kappa shape index (κ3) is 4.13. The van der Waals surface area contributed by atoms with Crippen LogP contribution in [0.2, 0.25) is 0 Å². The molecule has 29 heavy (non-hydrogen) atoms. The highest BCUT2D eigenvalue weighted by atomic mass is 16.6. The molecule has 0 bridgehead atoms. The van der Waals surface area contributed by atoms with Crippen molar-refractivity contribution in [3.63, 3.8) is 0 Å². The van der Waals surface area contributed by atoms with Gasteiger partial charge in [0.25, 0.3) is 5.56 Å². The van der Waals surface area contributed by atoms with Gasteiger partial charge in [0.2, 0.25) is 0 Å². The minimum Gasteiger partial charge on any atom is -0.478 e. The Morgan fingerprint density at radius 3 is 2.34 bits per heavy atom. The van der Waals surface area contributed by atoms with Gasteiger partial charge in [-0.05, 0) is 11.6 Å². The number of nitrogens with two attached hydrogens (primary N) is 1. The van der Waals surface area contributed by atoms with Crippen LogP contribution in [0.5, 0.6) is 5.75 Å². The Kier molecular flexibility index (Phi) is 5.82. The fraction of sp³-hybridized carbons (Fsp3) is 0.125. The maximum absolute atomic E-state index is 12.0. The third-order valence-corrected chi connectivity index (χ3v) is 3.69. The van der Waals surface area contributed by atoms with Crippen LogP contribution in [0.3, 0.4) is 0 Å². The highest BCUT2D eigenvalue weighted by Gasteiger charge is 2.28. The number of methoxy groups -OCH3 is 1. The van der Waals surface area contributed by atoms with Crippen molar-refractivity contribution < 1.29 is 39.0 Å². The number of hydrogen-bond donors (Lipinski definition) is 4. The number of nitrogen functional groups attached to an aromatic ring is 1. The van der Waals surface area contributed by atoms with Crippen LogP contribution in [0, 0.1) is 10.1 Å². The number of nitrogens with one attached hydrogen (secondary N) is 1. The molecule has 0 atom stereocenters. The van der Waals surface area contributed by atoms with Gasteiger partial charge in [-0.15, -0.1) is 0 Å². The Morgan fingerprint density at radius 2 is 1.83 bits per heavy atom. The first-order valence-electron chi connectivity index (χ1n) is 7.59. The Balaban J connectivity index is 2.78. The SMILES string of the molecule is COC(=O)COc1ccc(-c2c(C(=O)O)c(N)[nH]c(=O)c2C(=O)O)cc1[N+](=O)[O-]. The van der Waals surface area contributed by atoms with Crippen LogP contribution in [0.1, 0.15) is 20.7 Å². The summed E-state index contributed by atoms with van der Waals surface area (Å²) in [6, 6.07) is 2.91. The van der Waals surface area contributed by atoms with Gasteiger partial charge >= 0.3 is 23.6 Å². The zero-order valence-electron chi connectivity index (χ0n) is 14.6. The molecular weight excluding hydrogens is 394 g/mol. The number of esters is 1. The first-order valence-corrected chi connectivity index (χ1v) is 7.59. The molecule has 0 saturated carbocycles. The lowest BCUT2D eigenvalue weighted by molar-refractivity contribution is -0.385. The Hall–Kier alpha value is -4.42. The van der Waals surface area contributed by atoms with E-state index in [-0.39, 0.29) is 11.3 Å². The Labute approximate surface area is 160 Å². The number of anilines is 1. The van der Waals surface area contributed by atoms with Crippen molar-refractivity contribution in [3.05, 3.63) is 49.8 Å². The molecule has 1 aromatic carbocycles. The van der Waals surface area contributed by atoms with Crippen molar-refractivity contribution >= 4 is 29.4 Å². The zero-order valence-corrected chi connectivity index (χ0v) is 14.6. The predicted molar refractivity (Wildman–Crippen MR) is 95.0 cm³/mol. The number of rotatable bonds is 7. The topological polar surface area (TPSA) is 212 Å². The van der Waals surface area contributed by atoms with Crippen molar-refractivity contribution in [1.29, 1.82) is 0 Å². The Morgan fingerprint density at radius 1 is 1.21 bits per heavy atom. The monoisotopic (exact) mass is 407 g/mol. The van der Waals surface area contributed by atoms with Crippen LogP contribution in [0.25, 0.3) is 11.1 Å². The number of carbonyl (C=O) groups is 3. The summed E-state index contributed by atoms with van der Waals surface area (Å²) < 4.78 is 9.36. The number of benzene rings is 1. The van der Waals surface area contributed by atoms with Gasteiger partial charge in [0.05, 0.1) is 12.0 Å². The van der Waals surface area contributed by atoms with Crippen molar-refractivity contribution in [1.82, 2.24) is 4.98 Å². The highest BCUT2D eigenvalue weighted by Crippen LogP contribution is 2.36. The lowest BCUT2D eigenvalue weighted by Crippen LogP contribution is -2.24. The van der Waals surface area contributed by atoms with Crippen LogP contribution in [0.15, 0.2) is 23.0 Å². The minimum absolute atomic E-state index is 0.283. The number of aromatic nitrogens is 1. The van der Waals surface area contributed by atoms with Crippen LogP contribution in [-0.2, 0) is 9.53 Å². The molecule has 2 rings (SSSR count). The van der Waals surface area contributed by atoms with E-state index in [4.69, 9.17) is 10.5 Å². The first-order chi connectivity index (χ1) is 13.6. The molecule has 0 aliphatic carbocycles. The van der Waals surface area contributed by atoms with Gasteiger partial charge in [-0.2, -0.15) is 0 Å². The molecule has 152 valence electrons. The van der Waals surface area contributed by atoms with Gasteiger partial charge in [-0.1, -0.05) is 6.07 Å². The highest BCUT2D eigenvalue weighted by molar-refractivity contribution is 6.07. The smallest absolute Gasteiger partial charge is 0.343 e. The largest absolute Gasteiger partial charge is 0.478 e. The molecule has 2 aromatic rings. The van der Waals surface area contributed by atoms with E-state index in [2.05, 4.69) is 4.74 Å². The van der Waals surface area contributed by atoms with Gasteiger partial charge in [-0.3, -0.25) is 14.9 Å². The fourth-order valence-corrected chi connectivity index (χ4v) is 2.47. The summed E-state index contributed by atoms with van der Waals surface area (Å²) >= 11 is 0. The summed E-state index contributed by atoms with van der Waals surface area (Å²) in [5.41, 5.74) is 0.999. The number of aromatic carboxylic acids is 2. The molecule has 0 unspecified atom stereocenters. The number of nitro benzene ring substituents is 1. The number of carboxylic acids is 2. The molecule has 0 radical (unpaired) electrons. The molecule has 13 heteroatoms. The number of hydrogen-bond acceptors (Lipinski definition) is 9. The van der Waals surface area contributed by atoms with Crippen molar-refractivity contribution in [2.24, 2.45) is 0 Å². The number of aromatic amines is 1. The molecule has 13 nitrogen and oxygen atoms in total. The number of carboxylic acid groups (broad SMARTS) is 2. The molecule has 0 saturated heterocycles. The minimum atomic E-state index is -1.77. The lowest BCUT2D eigenvalue weighted by Gasteiger charge is -2.13. The molecule has 0 aliphatic rings. The maximum Gasteiger partial charge on any atom is 0.343 e. The van der Waals surface area contributed by atoms with E-state index in [0.29, 0.717) is 0 Å². The van der Waals surface area contributed by atoms with E-state index in [1.165, 1.54) is 0 Å². The van der Waals surface area contributed by atoms with E-state index in [1.54, 1.807) is 0 Å². The van der Waals surface area contributed by atoms with Crippen molar-refractivity contribution in [2.75, 3.05) is 19.5 Å². The third-order valence-electron chi connectivity index (χ3n) is 3.69. The number of pyridine rings is 1. The molecular formula is C16H13N3O10. The summed E-state index contributed by atoms with van der Waals surface area (Å²) in [7, 11) is 1.08. The van der Waals surface area contributed by atoms with Crippen molar-refractivity contribution in [2.45, 2.75) is 0 Å². The molecule has 1 aromatic heterocycles. The zero-order chi connectivity index (χ0) is 21.9. The number of nitro groups is 1. The standard InChI is InChI=1S/C16H13N3O10/c1-28-9(20)5-29-8-3-2-6(4-7(8)19(26)27)10-11(15(22)23)13(17)18-14(21)12(10)16(24)25/h2-4H,5H2,1H3,(H,22,23)(H,24,25)(H3,17,18,21). The lowest BCUT2D eigenvalue weighted by atomic mass is 9.95. The quantitative estimate of drug-likeness (QED) is 0.281. The summed E-state index contributed by atoms with van der Waals surface area (Å²) in [5, 5.41) is 30.1. The maximum atomic E-state index is 12.0. The first kappa shape index (κ1) is 20.9. The van der Waals surface area contributed by atoms with Crippen molar-refractivity contribution in [3.8, 4) is 16.9 Å². The number of H-pyrrole nitrogens is 1. The van der Waals surface area contributed by atoms with E-state index in [0.717, 1.165) is 25.3 Å². The summed E-state index contributed by atoms with van der Waals surface area (Å²) in [6.45, 7) is -0.643. The molecule has 0 spiro atoms. The molecule has 0 amide bonds. The molecule has 5 N–H and O–H groups in total. The molecule has 0 fully saturated rings. The van der Waals surface area contributed by atoms with E-state index in [1.807, 2.05) is 4.98 Å². The average molecular weight is 407 g/mol. The predicted octanol–water partition coefficient (Wildman–Crippen LogP) is 0.481. The second kappa shape index (κ2) is 8.08. The van der Waals surface area contributed by atoms with E-state index in [9.17, 15) is 39.5 Å². The van der Waals surface area contributed by atoms with E-state index >= 15 is 0 Å². The van der Waals surface area contributed by atoms with Gasteiger partial charge in [0.1, 0.15) is 16.9 Å². The second-order valence-electron chi connectivity index (χ2n) is 5.41. The molecule has 1 heterocycles. The Bertz CT molecular complexity index is 1090. The van der Waals surface area contributed by atoms with Gasteiger partial charge in [0, 0.05) is 11.6 Å². The van der Waals surface area contributed by atoms with Gasteiger partial charge < -0.3 is 30.4 Å². The van der Waals surface area contributed by atoms with Gasteiger partial charge in [-0.25, -0.2) is 14.4 Å². The molecule has 0 aliphatic heterocycles. The van der Waals surface area contributed by atoms with Crippen LogP contribution in [-0.4, -0.2) is 51.7 Å². The fourth-order valence-electron chi connectivity index (χ4n) is 2.47. The number of ether oxygens (including phenoxy) is 2. The summed E-state index contributed by atoms with van der Waals surface area (Å²) in [4.78, 5) is 58.7. The van der Waals surface area contributed by atoms with Gasteiger partial charge in [0.15, 0.2) is 12.4 Å². The van der Waals surface area contributed by atoms with Crippen LogP contribution < -0.4 is 16.0 Å². The number of carbonyl (C=O) groups excluding carboxylic acids is 1. The van der Waals surface area contributed by atoms with Crippen LogP contribution in [0.4, 0.5) is 11.5 Å². The summed E-state index contributed by atoms with van der Waals surface area (Å²) in [6.07, 6.45) is 0. The summed E-state index contributed by atoms with van der Waals surface area (Å²) in [5.74, 6) is -5.23. The van der Waals surface area contributed by atoms with Crippen LogP contribution >= 0.6 is 0 Å². The normalized spacial score (nSPS) is 10.2. The number of nitrogens with zero attached hydrogens (tertiary/aromatic N) is 1. The second-order valence-corrected chi connectivity index (χ2v) is 5.41. The van der Waals surface area contributed by atoms with E-state index < -0.39 is 63.2 Å².